The first-order valence-electron chi connectivity index (χ1n) is 13.7. The van der Waals surface area contributed by atoms with Gasteiger partial charge >= 0.3 is 5.97 Å². The van der Waals surface area contributed by atoms with E-state index >= 15 is 0 Å². The predicted molar refractivity (Wildman–Crippen MR) is 148 cm³/mol. The normalized spacial score (nSPS) is 28.4. The second-order valence-electron chi connectivity index (χ2n) is 11.0. The summed E-state index contributed by atoms with van der Waals surface area (Å²) in [6.07, 6.45) is 6.10. The zero-order valence-electron chi connectivity index (χ0n) is 23.3. The second-order valence-corrected chi connectivity index (χ2v) is 11.0. The number of cyclic esters (lactones) is 1. The number of esters is 1. The van der Waals surface area contributed by atoms with Crippen LogP contribution in [0.1, 0.15) is 71.2 Å². The molecule has 1 unspecified atom stereocenters. The van der Waals surface area contributed by atoms with Crippen LogP contribution in [0.15, 0.2) is 36.5 Å². The molecule has 3 heterocycles. The number of rotatable bonds is 1. The molecule has 9 heteroatoms. The van der Waals surface area contributed by atoms with Gasteiger partial charge in [-0.3, -0.25) is 29.2 Å². The quantitative estimate of drug-likeness (QED) is 0.535. The van der Waals surface area contributed by atoms with Crippen LogP contribution in [0, 0.1) is 17.8 Å². The van der Waals surface area contributed by atoms with E-state index in [0.717, 1.165) is 16.3 Å². The van der Waals surface area contributed by atoms with Gasteiger partial charge in [-0.1, -0.05) is 39.0 Å². The van der Waals surface area contributed by atoms with Crippen molar-refractivity contribution in [2.75, 3.05) is 6.54 Å². The maximum atomic E-state index is 13.2. The molecule has 2 aliphatic heterocycles. The monoisotopic (exact) mass is 534 g/mol. The molecule has 0 spiro atoms. The third-order valence-corrected chi connectivity index (χ3v) is 7.62. The van der Waals surface area contributed by atoms with E-state index in [0.29, 0.717) is 25.1 Å². The Balaban J connectivity index is 1.67. The van der Waals surface area contributed by atoms with Gasteiger partial charge in [-0.2, -0.15) is 0 Å². The van der Waals surface area contributed by atoms with Crippen molar-refractivity contribution in [2.24, 2.45) is 17.8 Å². The van der Waals surface area contributed by atoms with Crippen molar-refractivity contribution in [1.82, 2.24) is 20.7 Å². The number of ether oxygens (including phenoxy) is 1. The van der Waals surface area contributed by atoms with Gasteiger partial charge < -0.3 is 10.1 Å². The minimum atomic E-state index is -0.828. The lowest BCUT2D eigenvalue weighted by molar-refractivity contribution is -0.157. The Bertz CT molecular complexity index is 1290. The SMILES string of the molecule is CC1/C=C/c2cc3cc(ccc3cn2)[C@@H](C)OC(=O)[C@@H]2CCCN(N2)C(=O)[C@H](C)NC(=O)[C@H](C(C)C)CC1=O. The molecule has 4 rings (SSSR count). The molecule has 2 aliphatic rings. The van der Waals surface area contributed by atoms with E-state index in [1.807, 2.05) is 58.0 Å². The first kappa shape index (κ1) is 28.4. The van der Waals surface area contributed by atoms with E-state index in [-0.39, 0.29) is 29.9 Å². The molecule has 2 amide bonds. The summed E-state index contributed by atoms with van der Waals surface area (Å²) < 4.78 is 5.79. The number of hydrogen-bond donors (Lipinski definition) is 2. The van der Waals surface area contributed by atoms with E-state index in [1.165, 1.54) is 5.01 Å². The summed E-state index contributed by atoms with van der Waals surface area (Å²) in [5.74, 6) is -2.26. The van der Waals surface area contributed by atoms with Gasteiger partial charge in [-0.25, -0.2) is 5.43 Å². The highest BCUT2D eigenvalue weighted by Gasteiger charge is 2.34. The number of nitrogens with one attached hydrogen (secondary N) is 2. The standard InChI is InChI=1S/C30H38N4O5/c1-17(2)25-15-27(35)18(3)8-11-24-14-23-13-21(9-10-22(23)16-31-24)20(5)39-30(38)26-7-6-12-34(33-26)29(37)19(4)32-28(25)36/h8-11,13-14,16-20,25-26,33H,6-7,12,15H2,1-5H3,(H,32,36)/b11-8+/t18?,19-,20+,25-,26-/m0/s1. The second kappa shape index (κ2) is 12.1. The van der Waals surface area contributed by atoms with Gasteiger partial charge in [0.1, 0.15) is 24.0 Å². The minimum Gasteiger partial charge on any atom is -0.457 e. The van der Waals surface area contributed by atoms with Crippen LogP contribution in [-0.4, -0.2) is 52.2 Å². The van der Waals surface area contributed by atoms with Crippen molar-refractivity contribution < 1.29 is 23.9 Å². The molecule has 208 valence electrons. The molecule has 0 radical (unpaired) electrons. The van der Waals surface area contributed by atoms with E-state index in [9.17, 15) is 19.2 Å². The van der Waals surface area contributed by atoms with Gasteiger partial charge in [0.05, 0.1) is 5.69 Å². The van der Waals surface area contributed by atoms with Crippen molar-refractivity contribution in [3.05, 3.63) is 47.8 Å². The molecular weight excluding hydrogens is 496 g/mol. The molecule has 2 N–H and O–H groups in total. The summed E-state index contributed by atoms with van der Waals surface area (Å²) in [5, 5.41) is 6.06. The maximum Gasteiger partial charge on any atom is 0.325 e. The first-order valence-corrected chi connectivity index (χ1v) is 13.7. The first-order chi connectivity index (χ1) is 18.5. The summed E-state index contributed by atoms with van der Waals surface area (Å²) in [6.45, 7) is 9.44. The van der Waals surface area contributed by atoms with Gasteiger partial charge in [0, 0.05) is 36.4 Å². The summed E-state index contributed by atoms with van der Waals surface area (Å²) in [5.41, 5.74) is 4.54. The summed E-state index contributed by atoms with van der Waals surface area (Å²) in [4.78, 5) is 56.9. The van der Waals surface area contributed by atoms with E-state index in [4.69, 9.17) is 4.74 Å². The average Bonchev–Trinajstić information content (AvgIpc) is 2.92. The number of amides is 2. The number of fused-ring (bicyclic) bond motifs is 4. The number of aromatic nitrogens is 1. The smallest absolute Gasteiger partial charge is 0.325 e. The minimum absolute atomic E-state index is 0.0573. The molecule has 9 nitrogen and oxygen atoms in total. The highest BCUT2D eigenvalue weighted by molar-refractivity contribution is 5.92. The van der Waals surface area contributed by atoms with Crippen molar-refractivity contribution in [1.29, 1.82) is 0 Å². The van der Waals surface area contributed by atoms with Crippen molar-refractivity contribution >= 4 is 40.4 Å². The Hall–Kier alpha value is -3.59. The van der Waals surface area contributed by atoms with Crippen LogP contribution in [0.25, 0.3) is 16.8 Å². The molecule has 0 saturated carbocycles. The third kappa shape index (κ3) is 6.71. The van der Waals surface area contributed by atoms with Gasteiger partial charge in [-0.15, -0.1) is 0 Å². The zero-order chi connectivity index (χ0) is 28.3. The lowest BCUT2D eigenvalue weighted by atomic mass is 9.86. The fraction of sp³-hybridized carbons (Fsp3) is 0.500. The Morgan fingerprint density at radius 1 is 1.05 bits per heavy atom. The Labute approximate surface area is 229 Å². The summed E-state index contributed by atoms with van der Waals surface area (Å²) in [7, 11) is 0. The number of allylic oxidation sites excluding steroid dienone is 1. The number of carbonyl (C=O) groups excluding carboxylic acids is 4. The van der Waals surface area contributed by atoms with Crippen molar-refractivity contribution in [2.45, 2.75) is 72.1 Å². The maximum absolute atomic E-state index is 13.2. The lowest BCUT2D eigenvalue weighted by Gasteiger charge is -2.35. The van der Waals surface area contributed by atoms with Crippen LogP contribution < -0.4 is 10.7 Å². The molecule has 1 aromatic carbocycles. The van der Waals surface area contributed by atoms with E-state index in [1.54, 1.807) is 19.2 Å². The Kier molecular flexibility index (Phi) is 8.80. The molecule has 5 bridgehead atoms. The number of nitrogens with zero attached hydrogens (tertiary/aromatic N) is 2. The topological polar surface area (TPSA) is 118 Å². The molecule has 0 aliphatic carbocycles. The number of hydrazine groups is 1. The van der Waals surface area contributed by atoms with Gasteiger partial charge in [0.2, 0.25) is 5.91 Å². The fourth-order valence-electron chi connectivity index (χ4n) is 4.96. The Morgan fingerprint density at radius 3 is 2.56 bits per heavy atom. The van der Waals surface area contributed by atoms with Gasteiger partial charge in [-0.05, 0) is 61.8 Å². The Morgan fingerprint density at radius 2 is 1.82 bits per heavy atom. The molecule has 1 saturated heterocycles. The number of ketones is 1. The average molecular weight is 535 g/mol. The zero-order valence-corrected chi connectivity index (χ0v) is 23.3. The van der Waals surface area contributed by atoms with Crippen LogP contribution in [-0.2, 0) is 23.9 Å². The molecular formula is C30H38N4O5. The number of Topliss-reactive ketones (excluding diaryl/α,β-unsaturated/α-hetero) is 1. The van der Waals surface area contributed by atoms with E-state index in [2.05, 4.69) is 15.7 Å². The highest BCUT2D eigenvalue weighted by Crippen LogP contribution is 2.25. The molecule has 1 fully saturated rings. The predicted octanol–water partition coefficient (Wildman–Crippen LogP) is 3.73. The van der Waals surface area contributed by atoms with Gasteiger partial charge in [0.15, 0.2) is 0 Å². The number of hydrogen-bond acceptors (Lipinski definition) is 7. The lowest BCUT2D eigenvalue weighted by Crippen LogP contribution is -2.59. The molecule has 39 heavy (non-hydrogen) atoms. The van der Waals surface area contributed by atoms with Crippen molar-refractivity contribution in [3.63, 3.8) is 0 Å². The van der Waals surface area contributed by atoms with Crippen LogP contribution in [0.3, 0.4) is 0 Å². The third-order valence-electron chi connectivity index (χ3n) is 7.62. The molecule has 2 aromatic rings. The van der Waals surface area contributed by atoms with Crippen LogP contribution in [0.5, 0.6) is 0 Å². The molecule has 1 aromatic heterocycles. The summed E-state index contributed by atoms with van der Waals surface area (Å²) in [6, 6.07) is 6.25. The summed E-state index contributed by atoms with van der Waals surface area (Å²) >= 11 is 0. The number of pyridine rings is 1. The number of carbonyl (C=O) groups is 4. The van der Waals surface area contributed by atoms with Crippen LogP contribution in [0.2, 0.25) is 0 Å². The highest BCUT2D eigenvalue weighted by atomic mass is 16.5. The van der Waals surface area contributed by atoms with Crippen LogP contribution >= 0.6 is 0 Å². The van der Waals surface area contributed by atoms with Gasteiger partial charge in [0.25, 0.3) is 5.91 Å². The van der Waals surface area contributed by atoms with E-state index < -0.39 is 36.0 Å². The largest absolute Gasteiger partial charge is 0.457 e. The van der Waals surface area contributed by atoms with Crippen LogP contribution in [0.4, 0.5) is 0 Å². The van der Waals surface area contributed by atoms with Crippen molar-refractivity contribution in [3.8, 4) is 0 Å². The molecule has 5 atom stereocenters. The number of benzene rings is 1. The fourth-order valence-corrected chi connectivity index (χ4v) is 4.96.